The number of nitrogens with zero attached hydrogens (tertiary/aromatic N) is 4. The monoisotopic (exact) mass is 614 g/mol. The third-order valence-corrected chi connectivity index (χ3v) is 6.52. The molecule has 0 spiro atoms. The van der Waals surface area contributed by atoms with Gasteiger partial charge in [-0.15, -0.1) is 10.2 Å². The smallest absolute Gasteiger partial charge is 0.408 e. The van der Waals surface area contributed by atoms with E-state index < -0.39 is 54.5 Å². The summed E-state index contributed by atoms with van der Waals surface area (Å²) in [5, 5.41) is 28.0. The summed E-state index contributed by atoms with van der Waals surface area (Å²) in [4.78, 5) is 25.9. The molecule has 236 valence electrons. The van der Waals surface area contributed by atoms with E-state index in [1.807, 2.05) is 13.8 Å². The molecular weight excluding hydrogens is 578 g/mol. The molecule has 0 aliphatic rings. The molecule has 3 heterocycles. The zero-order chi connectivity index (χ0) is 32.3. The van der Waals surface area contributed by atoms with Crippen molar-refractivity contribution in [1.29, 1.82) is 0 Å². The van der Waals surface area contributed by atoms with Crippen molar-refractivity contribution in [3.8, 4) is 5.88 Å². The minimum absolute atomic E-state index is 0.0735. The molecule has 0 aliphatic heterocycles. The van der Waals surface area contributed by atoms with E-state index in [0.29, 0.717) is 16.8 Å². The SMILES string of the molecule is Cc1cc(OCc2c(F)cccc2F)n2nc(C)c(C(=O)NC(CO)c3nnc(C(NC(=O)OC(C)(C)C)C(C)C)o3)c2c1. The number of hydrogen-bond donors (Lipinski definition) is 3. The van der Waals surface area contributed by atoms with Gasteiger partial charge in [0.2, 0.25) is 17.7 Å². The summed E-state index contributed by atoms with van der Waals surface area (Å²) < 4.78 is 46.5. The Morgan fingerprint density at radius 3 is 2.34 bits per heavy atom. The van der Waals surface area contributed by atoms with Crippen LogP contribution < -0.4 is 15.4 Å². The quantitative estimate of drug-likeness (QED) is 0.227. The summed E-state index contributed by atoms with van der Waals surface area (Å²) in [6.45, 7) is 11.3. The second kappa shape index (κ2) is 13.0. The van der Waals surface area contributed by atoms with Crippen LogP contribution in [0.3, 0.4) is 0 Å². The van der Waals surface area contributed by atoms with E-state index in [-0.39, 0.29) is 34.7 Å². The zero-order valence-electron chi connectivity index (χ0n) is 25.6. The van der Waals surface area contributed by atoms with Crippen LogP contribution in [0, 0.1) is 31.4 Å². The maximum absolute atomic E-state index is 14.2. The molecule has 2 atom stereocenters. The molecule has 4 aromatic rings. The number of carbonyl (C=O) groups is 2. The number of halogens is 2. The van der Waals surface area contributed by atoms with Gasteiger partial charge in [0.25, 0.3) is 5.91 Å². The number of aryl methyl sites for hydroxylation is 2. The summed E-state index contributed by atoms with van der Waals surface area (Å²) in [7, 11) is 0. The second-order valence-electron chi connectivity index (χ2n) is 11.7. The van der Waals surface area contributed by atoms with Gasteiger partial charge in [-0.05, 0) is 64.3 Å². The maximum Gasteiger partial charge on any atom is 0.408 e. The molecule has 0 saturated heterocycles. The summed E-state index contributed by atoms with van der Waals surface area (Å²) in [5.74, 6) is -2.08. The number of aliphatic hydroxyl groups is 1. The van der Waals surface area contributed by atoms with Crippen LogP contribution >= 0.6 is 0 Å². The van der Waals surface area contributed by atoms with Crippen molar-refractivity contribution in [3.05, 3.63) is 76.1 Å². The lowest BCUT2D eigenvalue weighted by Crippen LogP contribution is -2.37. The van der Waals surface area contributed by atoms with Gasteiger partial charge in [-0.25, -0.2) is 13.6 Å². The number of nitrogens with one attached hydrogen (secondary N) is 2. The molecule has 0 radical (unpaired) electrons. The highest BCUT2D eigenvalue weighted by Crippen LogP contribution is 2.27. The molecule has 14 heteroatoms. The van der Waals surface area contributed by atoms with Crippen molar-refractivity contribution in [1.82, 2.24) is 30.4 Å². The minimum atomic E-state index is -1.09. The van der Waals surface area contributed by atoms with Crippen molar-refractivity contribution in [2.45, 2.75) is 72.8 Å². The first-order valence-corrected chi connectivity index (χ1v) is 14.0. The van der Waals surface area contributed by atoms with Gasteiger partial charge in [-0.2, -0.15) is 9.61 Å². The lowest BCUT2D eigenvalue weighted by molar-refractivity contribution is 0.0478. The standard InChI is InChI=1S/C30H36F2N6O6/c1-15(2)25(34-29(41)44-30(5,6)7)28-36-35-27(43-28)21(13-39)33-26(40)24-17(4)37-38-22(24)11-16(3)12-23(38)42-14-18-19(31)9-8-10-20(18)32/h8-12,15,21,25,39H,13-14H2,1-7H3,(H,33,40)(H,34,41). The number of aromatic nitrogens is 4. The molecule has 3 aromatic heterocycles. The minimum Gasteiger partial charge on any atom is -0.473 e. The predicted molar refractivity (Wildman–Crippen MR) is 154 cm³/mol. The average molecular weight is 615 g/mol. The van der Waals surface area contributed by atoms with Gasteiger partial charge in [-0.1, -0.05) is 19.9 Å². The van der Waals surface area contributed by atoms with Crippen molar-refractivity contribution >= 4 is 17.5 Å². The number of carbonyl (C=O) groups excluding carboxylic acids is 2. The molecule has 2 unspecified atom stereocenters. The largest absolute Gasteiger partial charge is 0.473 e. The number of rotatable bonds is 10. The van der Waals surface area contributed by atoms with Crippen LogP contribution in [-0.4, -0.2) is 49.1 Å². The van der Waals surface area contributed by atoms with Crippen LogP contribution in [0.5, 0.6) is 5.88 Å². The number of pyridine rings is 1. The first-order chi connectivity index (χ1) is 20.7. The van der Waals surface area contributed by atoms with Gasteiger partial charge in [-0.3, -0.25) is 4.79 Å². The Bertz CT molecular complexity index is 1640. The summed E-state index contributed by atoms with van der Waals surface area (Å²) in [5.41, 5.74) is 0.632. The molecule has 12 nitrogen and oxygen atoms in total. The van der Waals surface area contributed by atoms with Crippen molar-refractivity contribution in [3.63, 3.8) is 0 Å². The van der Waals surface area contributed by atoms with Gasteiger partial charge < -0.3 is 29.6 Å². The van der Waals surface area contributed by atoms with Crippen LogP contribution in [-0.2, 0) is 11.3 Å². The summed E-state index contributed by atoms with van der Waals surface area (Å²) in [6.07, 6.45) is -0.663. The Kier molecular flexibility index (Phi) is 9.52. The van der Waals surface area contributed by atoms with Crippen LogP contribution in [0.1, 0.15) is 85.7 Å². The number of benzene rings is 1. The normalized spacial score (nSPS) is 13.2. The summed E-state index contributed by atoms with van der Waals surface area (Å²) >= 11 is 0. The van der Waals surface area contributed by atoms with E-state index >= 15 is 0 Å². The van der Waals surface area contributed by atoms with Crippen LogP contribution in [0.15, 0.2) is 34.7 Å². The Morgan fingerprint density at radius 1 is 1.07 bits per heavy atom. The second-order valence-corrected chi connectivity index (χ2v) is 11.7. The average Bonchev–Trinajstić information content (AvgIpc) is 3.53. The third kappa shape index (κ3) is 7.30. The Morgan fingerprint density at radius 2 is 1.73 bits per heavy atom. The number of fused-ring (bicyclic) bond motifs is 1. The van der Waals surface area contributed by atoms with Gasteiger partial charge in [0, 0.05) is 6.07 Å². The van der Waals surface area contributed by atoms with Crippen LogP contribution in [0.25, 0.3) is 5.52 Å². The molecule has 0 saturated carbocycles. The van der Waals surface area contributed by atoms with E-state index in [9.17, 15) is 23.5 Å². The molecule has 3 N–H and O–H groups in total. The Hall–Kier alpha value is -4.59. The number of aliphatic hydroxyl groups excluding tert-OH is 1. The fourth-order valence-electron chi connectivity index (χ4n) is 4.44. The molecule has 2 amide bonds. The highest BCUT2D eigenvalue weighted by Gasteiger charge is 2.30. The predicted octanol–water partition coefficient (Wildman–Crippen LogP) is 4.88. The molecule has 0 aliphatic carbocycles. The lowest BCUT2D eigenvalue weighted by Gasteiger charge is -2.23. The first-order valence-electron chi connectivity index (χ1n) is 14.0. The maximum atomic E-state index is 14.2. The zero-order valence-corrected chi connectivity index (χ0v) is 25.6. The van der Waals surface area contributed by atoms with Crippen molar-refractivity contribution < 1.29 is 37.4 Å². The third-order valence-electron chi connectivity index (χ3n) is 6.52. The van der Waals surface area contributed by atoms with Crippen LogP contribution in [0.4, 0.5) is 13.6 Å². The molecule has 0 bridgehead atoms. The highest BCUT2D eigenvalue weighted by molar-refractivity contribution is 6.02. The van der Waals surface area contributed by atoms with E-state index in [4.69, 9.17) is 13.9 Å². The van der Waals surface area contributed by atoms with Gasteiger partial charge >= 0.3 is 6.09 Å². The van der Waals surface area contributed by atoms with E-state index in [0.717, 1.165) is 12.1 Å². The Balaban J connectivity index is 1.56. The lowest BCUT2D eigenvalue weighted by atomic mass is 10.1. The van der Waals surface area contributed by atoms with Crippen LogP contribution in [0.2, 0.25) is 0 Å². The van der Waals surface area contributed by atoms with E-state index in [1.165, 1.54) is 10.6 Å². The van der Waals surface area contributed by atoms with Gasteiger partial charge in [0.1, 0.15) is 35.9 Å². The highest BCUT2D eigenvalue weighted by atomic mass is 19.1. The Labute approximate surface area is 252 Å². The van der Waals surface area contributed by atoms with E-state index in [1.54, 1.807) is 46.8 Å². The van der Waals surface area contributed by atoms with Gasteiger partial charge in [0.05, 0.1) is 28.9 Å². The molecule has 44 heavy (non-hydrogen) atoms. The topological polar surface area (TPSA) is 153 Å². The first kappa shape index (κ1) is 32.3. The van der Waals surface area contributed by atoms with Crippen molar-refractivity contribution in [2.75, 3.05) is 6.61 Å². The molecular formula is C30H36F2N6O6. The fraction of sp³-hybridized carbons (Fsp3) is 0.433. The number of amides is 2. The molecule has 0 fully saturated rings. The summed E-state index contributed by atoms with van der Waals surface area (Å²) in [6, 6.07) is 5.10. The molecule has 1 aromatic carbocycles. The van der Waals surface area contributed by atoms with E-state index in [2.05, 4.69) is 25.9 Å². The van der Waals surface area contributed by atoms with Crippen molar-refractivity contribution in [2.24, 2.45) is 5.92 Å². The number of hydrogen-bond acceptors (Lipinski definition) is 9. The molecule has 4 rings (SSSR count). The van der Waals surface area contributed by atoms with Gasteiger partial charge in [0.15, 0.2) is 0 Å². The number of alkyl carbamates (subject to hydrolysis) is 1. The number of ether oxygens (including phenoxy) is 2. The fourth-order valence-corrected chi connectivity index (χ4v) is 4.44.